The van der Waals surface area contributed by atoms with E-state index in [1.807, 2.05) is 16.9 Å². The molecule has 0 saturated carbocycles. The van der Waals surface area contributed by atoms with E-state index < -0.39 is 0 Å². The van der Waals surface area contributed by atoms with Gasteiger partial charge < -0.3 is 5.32 Å². The Morgan fingerprint density at radius 2 is 2.21 bits per heavy atom. The summed E-state index contributed by atoms with van der Waals surface area (Å²) in [6.07, 6.45) is 4.29. The first-order valence-electron chi connectivity index (χ1n) is 5.07. The van der Waals surface area contributed by atoms with E-state index in [1.165, 1.54) is 0 Å². The van der Waals surface area contributed by atoms with Gasteiger partial charge in [0.2, 0.25) is 0 Å². The molecule has 0 aromatic carbocycles. The zero-order chi connectivity index (χ0) is 9.68. The predicted octanol–water partition coefficient (Wildman–Crippen LogP) is 3.10. The van der Waals surface area contributed by atoms with E-state index in [0.717, 1.165) is 25.2 Å². The van der Waals surface area contributed by atoms with Crippen LogP contribution in [0.25, 0.3) is 0 Å². The van der Waals surface area contributed by atoms with Crippen LogP contribution in [-0.2, 0) is 0 Å². The van der Waals surface area contributed by atoms with Crippen molar-refractivity contribution >= 4 is 18.2 Å². The molecule has 1 atom stereocenters. The molecule has 1 aromatic rings. The van der Waals surface area contributed by atoms with Crippen molar-refractivity contribution in [2.45, 2.75) is 39.7 Å². The summed E-state index contributed by atoms with van der Waals surface area (Å²) < 4.78 is 2.01. The number of anilines is 1. The second kappa shape index (κ2) is 6.71. The molecule has 3 nitrogen and oxygen atoms in total. The average molecular weight is 218 g/mol. The van der Waals surface area contributed by atoms with Gasteiger partial charge in [0.1, 0.15) is 5.82 Å². The maximum absolute atomic E-state index is 4.42. The first-order valence-corrected chi connectivity index (χ1v) is 5.07. The lowest BCUT2D eigenvalue weighted by atomic mass is 10.3. The molecule has 82 valence electrons. The Balaban J connectivity index is 0.00000169. The highest BCUT2D eigenvalue weighted by molar-refractivity contribution is 5.85. The third-order valence-electron chi connectivity index (χ3n) is 2.21. The van der Waals surface area contributed by atoms with Crippen LogP contribution in [0.5, 0.6) is 0 Å². The van der Waals surface area contributed by atoms with Gasteiger partial charge >= 0.3 is 0 Å². The van der Waals surface area contributed by atoms with Crippen LogP contribution in [0.4, 0.5) is 5.82 Å². The van der Waals surface area contributed by atoms with Crippen LogP contribution in [0.1, 0.15) is 39.7 Å². The molecule has 1 unspecified atom stereocenters. The SMILES string of the molecule is CCCNc1ccn(C(C)CC)n1.Cl. The molecule has 0 radical (unpaired) electrons. The molecule has 0 fully saturated rings. The van der Waals surface area contributed by atoms with Crippen molar-refractivity contribution in [1.82, 2.24) is 9.78 Å². The van der Waals surface area contributed by atoms with Gasteiger partial charge in [-0.25, -0.2) is 0 Å². The molecule has 0 aliphatic heterocycles. The van der Waals surface area contributed by atoms with Gasteiger partial charge in [-0.1, -0.05) is 13.8 Å². The van der Waals surface area contributed by atoms with Crippen LogP contribution >= 0.6 is 12.4 Å². The Kier molecular flexibility index (Phi) is 6.37. The number of nitrogens with zero attached hydrogens (tertiary/aromatic N) is 2. The lowest BCUT2D eigenvalue weighted by molar-refractivity contribution is 0.479. The van der Waals surface area contributed by atoms with Crippen molar-refractivity contribution in [3.05, 3.63) is 12.3 Å². The fourth-order valence-corrected chi connectivity index (χ4v) is 1.12. The van der Waals surface area contributed by atoms with E-state index in [2.05, 4.69) is 31.2 Å². The van der Waals surface area contributed by atoms with E-state index in [1.54, 1.807) is 0 Å². The largest absolute Gasteiger partial charge is 0.369 e. The number of nitrogens with one attached hydrogen (secondary N) is 1. The Hall–Kier alpha value is -0.700. The highest BCUT2D eigenvalue weighted by atomic mass is 35.5. The van der Waals surface area contributed by atoms with Crippen molar-refractivity contribution < 1.29 is 0 Å². The van der Waals surface area contributed by atoms with Crippen molar-refractivity contribution in [3.63, 3.8) is 0 Å². The summed E-state index contributed by atoms with van der Waals surface area (Å²) in [4.78, 5) is 0. The minimum absolute atomic E-state index is 0. The molecular formula is C10H20ClN3. The maximum atomic E-state index is 4.42. The minimum atomic E-state index is 0. The molecule has 0 spiro atoms. The first kappa shape index (κ1) is 13.3. The van der Waals surface area contributed by atoms with Crippen molar-refractivity contribution in [3.8, 4) is 0 Å². The molecule has 0 saturated heterocycles. The van der Waals surface area contributed by atoms with Gasteiger partial charge in [0.15, 0.2) is 0 Å². The Labute approximate surface area is 92.3 Å². The molecule has 1 aromatic heterocycles. The van der Waals surface area contributed by atoms with Gasteiger partial charge in [-0.05, 0) is 19.8 Å². The Morgan fingerprint density at radius 1 is 1.50 bits per heavy atom. The molecule has 4 heteroatoms. The molecule has 0 aliphatic rings. The quantitative estimate of drug-likeness (QED) is 0.822. The first-order chi connectivity index (χ1) is 6.27. The highest BCUT2D eigenvalue weighted by Crippen LogP contribution is 2.11. The molecule has 1 rings (SSSR count). The number of hydrogen-bond acceptors (Lipinski definition) is 2. The van der Waals surface area contributed by atoms with Gasteiger partial charge in [-0.3, -0.25) is 4.68 Å². The van der Waals surface area contributed by atoms with Gasteiger partial charge in [-0.15, -0.1) is 12.4 Å². The second-order valence-electron chi connectivity index (χ2n) is 3.37. The lowest BCUT2D eigenvalue weighted by Gasteiger charge is -2.08. The monoisotopic (exact) mass is 217 g/mol. The fraction of sp³-hybridized carbons (Fsp3) is 0.700. The van der Waals surface area contributed by atoms with Crippen LogP contribution in [0, 0.1) is 0 Å². The standard InChI is InChI=1S/C10H19N3.ClH/c1-4-7-11-10-6-8-13(12-10)9(3)5-2;/h6,8-9H,4-5,7H2,1-3H3,(H,11,12);1H. The van der Waals surface area contributed by atoms with E-state index in [4.69, 9.17) is 0 Å². The van der Waals surface area contributed by atoms with E-state index in [-0.39, 0.29) is 12.4 Å². The van der Waals surface area contributed by atoms with Gasteiger partial charge in [-0.2, -0.15) is 5.10 Å². The number of aromatic nitrogens is 2. The molecule has 0 bridgehead atoms. The maximum Gasteiger partial charge on any atom is 0.147 e. The summed E-state index contributed by atoms with van der Waals surface area (Å²) in [7, 11) is 0. The average Bonchev–Trinajstić information content (AvgIpc) is 2.62. The highest BCUT2D eigenvalue weighted by Gasteiger charge is 2.02. The smallest absolute Gasteiger partial charge is 0.147 e. The van der Waals surface area contributed by atoms with Gasteiger partial charge in [0, 0.05) is 24.8 Å². The summed E-state index contributed by atoms with van der Waals surface area (Å²) in [5.41, 5.74) is 0. The normalized spacial score (nSPS) is 11.9. The molecule has 0 amide bonds. The summed E-state index contributed by atoms with van der Waals surface area (Å²) in [5.74, 6) is 0.988. The molecular weight excluding hydrogens is 198 g/mol. The third kappa shape index (κ3) is 3.58. The van der Waals surface area contributed by atoms with E-state index in [0.29, 0.717) is 6.04 Å². The van der Waals surface area contributed by atoms with E-state index in [9.17, 15) is 0 Å². The van der Waals surface area contributed by atoms with Crippen molar-refractivity contribution in [1.29, 1.82) is 0 Å². The van der Waals surface area contributed by atoms with Gasteiger partial charge in [0.25, 0.3) is 0 Å². The Bertz CT molecular complexity index is 247. The van der Waals surface area contributed by atoms with Gasteiger partial charge in [0.05, 0.1) is 0 Å². The summed E-state index contributed by atoms with van der Waals surface area (Å²) >= 11 is 0. The Morgan fingerprint density at radius 3 is 2.79 bits per heavy atom. The van der Waals surface area contributed by atoms with Crippen LogP contribution in [0.2, 0.25) is 0 Å². The fourth-order valence-electron chi connectivity index (χ4n) is 1.12. The van der Waals surface area contributed by atoms with Crippen molar-refractivity contribution in [2.75, 3.05) is 11.9 Å². The molecule has 0 aliphatic carbocycles. The van der Waals surface area contributed by atoms with Crippen LogP contribution < -0.4 is 5.32 Å². The zero-order valence-corrected chi connectivity index (χ0v) is 9.97. The zero-order valence-electron chi connectivity index (χ0n) is 9.16. The molecule has 1 N–H and O–H groups in total. The van der Waals surface area contributed by atoms with Crippen LogP contribution in [-0.4, -0.2) is 16.3 Å². The minimum Gasteiger partial charge on any atom is -0.369 e. The number of halogens is 1. The molecule has 14 heavy (non-hydrogen) atoms. The van der Waals surface area contributed by atoms with Crippen molar-refractivity contribution in [2.24, 2.45) is 0 Å². The lowest BCUT2D eigenvalue weighted by Crippen LogP contribution is -2.06. The number of hydrogen-bond donors (Lipinski definition) is 1. The number of rotatable bonds is 5. The third-order valence-corrected chi connectivity index (χ3v) is 2.21. The summed E-state index contributed by atoms with van der Waals surface area (Å²) in [6.45, 7) is 7.50. The van der Waals surface area contributed by atoms with Crippen LogP contribution in [0.3, 0.4) is 0 Å². The summed E-state index contributed by atoms with van der Waals surface area (Å²) in [6, 6.07) is 2.53. The molecule has 1 heterocycles. The summed E-state index contributed by atoms with van der Waals surface area (Å²) in [5, 5.41) is 7.69. The topological polar surface area (TPSA) is 29.9 Å². The van der Waals surface area contributed by atoms with Crippen LogP contribution in [0.15, 0.2) is 12.3 Å². The predicted molar refractivity (Wildman–Crippen MR) is 63.3 cm³/mol. The second-order valence-corrected chi connectivity index (χ2v) is 3.37. The van der Waals surface area contributed by atoms with E-state index >= 15 is 0 Å².